The summed E-state index contributed by atoms with van der Waals surface area (Å²) in [4.78, 5) is 0. The lowest BCUT2D eigenvalue weighted by Crippen LogP contribution is -2.37. The lowest BCUT2D eigenvalue weighted by atomic mass is 10.1. The Morgan fingerprint density at radius 1 is 1.60 bits per heavy atom. The van der Waals surface area contributed by atoms with E-state index in [1.165, 1.54) is 19.3 Å². The Labute approximate surface area is 89.8 Å². The Hall–Kier alpha value is -0.940. The lowest BCUT2D eigenvalue weighted by Gasteiger charge is -2.22. The largest absolute Gasteiger partial charge is 0.372 e. The van der Waals surface area contributed by atoms with Gasteiger partial charge in [0.15, 0.2) is 5.82 Å². The van der Waals surface area contributed by atoms with E-state index < -0.39 is 0 Å². The van der Waals surface area contributed by atoms with Gasteiger partial charge in [0, 0.05) is 13.1 Å². The van der Waals surface area contributed by atoms with Gasteiger partial charge >= 0.3 is 0 Å². The van der Waals surface area contributed by atoms with Crippen molar-refractivity contribution in [2.24, 2.45) is 7.05 Å². The van der Waals surface area contributed by atoms with Crippen molar-refractivity contribution >= 4 is 0 Å². The molecule has 1 aliphatic rings. The first-order chi connectivity index (χ1) is 7.36. The zero-order chi connectivity index (χ0) is 10.5. The molecule has 1 fully saturated rings. The van der Waals surface area contributed by atoms with Crippen LogP contribution >= 0.6 is 0 Å². The maximum atomic E-state index is 5.61. The van der Waals surface area contributed by atoms with E-state index in [4.69, 9.17) is 4.74 Å². The van der Waals surface area contributed by atoms with Gasteiger partial charge in [-0.15, -0.1) is 10.2 Å². The zero-order valence-corrected chi connectivity index (χ0v) is 9.15. The molecule has 0 radical (unpaired) electrons. The molecule has 1 aromatic heterocycles. The highest BCUT2D eigenvalue weighted by atomic mass is 16.5. The van der Waals surface area contributed by atoms with Crippen LogP contribution in [-0.2, 0) is 18.4 Å². The number of hydrogen-bond donors (Lipinski definition) is 1. The van der Waals surface area contributed by atoms with Gasteiger partial charge in [-0.2, -0.15) is 0 Å². The van der Waals surface area contributed by atoms with Gasteiger partial charge in [0.05, 0.1) is 6.61 Å². The van der Waals surface area contributed by atoms with Crippen LogP contribution in [0.1, 0.15) is 25.1 Å². The van der Waals surface area contributed by atoms with E-state index >= 15 is 0 Å². The maximum absolute atomic E-state index is 5.61. The Morgan fingerprint density at radius 3 is 3.20 bits per heavy atom. The van der Waals surface area contributed by atoms with E-state index in [1.54, 1.807) is 6.33 Å². The SMILES string of the molecule is Cn1cnnc1COCC1CCCCN1. The number of nitrogens with zero attached hydrogens (tertiary/aromatic N) is 3. The van der Waals surface area contributed by atoms with Gasteiger partial charge in [0.2, 0.25) is 0 Å². The summed E-state index contributed by atoms with van der Waals surface area (Å²) in [5, 5.41) is 11.2. The van der Waals surface area contributed by atoms with Gasteiger partial charge in [-0.05, 0) is 19.4 Å². The van der Waals surface area contributed by atoms with Crippen molar-refractivity contribution in [3.63, 3.8) is 0 Å². The summed E-state index contributed by atoms with van der Waals surface area (Å²) in [7, 11) is 1.93. The number of aromatic nitrogens is 3. The standard InChI is InChI=1S/C10H18N4O/c1-14-8-12-13-10(14)7-15-6-9-4-2-3-5-11-9/h8-9,11H,2-7H2,1H3. The molecule has 0 saturated carbocycles. The van der Waals surface area contributed by atoms with E-state index in [0.717, 1.165) is 19.0 Å². The van der Waals surface area contributed by atoms with Crippen LogP contribution in [0, 0.1) is 0 Å². The Morgan fingerprint density at radius 2 is 2.53 bits per heavy atom. The maximum Gasteiger partial charge on any atom is 0.158 e. The number of piperidine rings is 1. The van der Waals surface area contributed by atoms with Gasteiger partial charge < -0.3 is 14.6 Å². The second-order valence-electron chi connectivity index (χ2n) is 4.02. The van der Waals surface area contributed by atoms with E-state index in [2.05, 4.69) is 15.5 Å². The molecule has 2 heterocycles. The third-order valence-electron chi connectivity index (χ3n) is 2.77. The van der Waals surface area contributed by atoms with Gasteiger partial charge in [-0.3, -0.25) is 0 Å². The second-order valence-corrected chi connectivity index (χ2v) is 4.02. The third-order valence-corrected chi connectivity index (χ3v) is 2.77. The summed E-state index contributed by atoms with van der Waals surface area (Å²) in [6, 6.07) is 0.520. The van der Waals surface area contributed by atoms with Gasteiger partial charge in [-0.25, -0.2) is 0 Å². The number of hydrogen-bond acceptors (Lipinski definition) is 4. The molecule has 84 valence electrons. The van der Waals surface area contributed by atoms with Crippen LogP contribution in [0.5, 0.6) is 0 Å². The number of ether oxygens (including phenoxy) is 1. The minimum Gasteiger partial charge on any atom is -0.372 e. The topological polar surface area (TPSA) is 52.0 Å². The number of rotatable bonds is 4. The first-order valence-corrected chi connectivity index (χ1v) is 5.50. The molecule has 5 nitrogen and oxygen atoms in total. The van der Waals surface area contributed by atoms with Crippen molar-refractivity contribution in [3.05, 3.63) is 12.2 Å². The van der Waals surface area contributed by atoms with Crippen molar-refractivity contribution in [3.8, 4) is 0 Å². The van der Waals surface area contributed by atoms with E-state index in [0.29, 0.717) is 12.6 Å². The highest BCUT2D eigenvalue weighted by Gasteiger charge is 2.12. The fraction of sp³-hybridized carbons (Fsp3) is 0.800. The molecule has 0 amide bonds. The van der Waals surface area contributed by atoms with Gasteiger partial charge in [0.25, 0.3) is 0 Å². The van der Waals surface area contributed by atoms with Crippen LogP contribution in [0.2, 0.25) is 0 Å². The van der Waals surface area contributed by atoms with Crippen LogP contribution in [0.4, 0.5) is 0 Å². The van der Waals surface area contributed by atoms with Crippen molar-refractivity contribution in [1.29, 1.82) is 0 Å². The third kappa shape index (κ3) is 3.00. The summed E-state index contributed by atoms with van der Waals surface area (Å²) in [5.41, 5.74) is 0. The molecule has 1 aliphatic heterocycles. The molecular weight excluding hydrogens is 192 g/mol. The smallest absolute Gasteiger partial charge is 0.158 e. The predicted octanol–water partition coefficient (Wildman–Crippen LogP) is 0.474. The number of aryl methyl sites for hydroxylation is 1. The molecule has 0 bridgehead atoms. The Balaban J connectivity index is 1.68. The summed E-state index contributed by atoms with van der Waals surface area (Å²) in [6.07, 6.45) is 5.52. The monoisotopic (exact) mass is 210 g/mol. The van der Waals surface area contributed by atoms with Gasteiger partial charge in [-0.1, -0.05) is 6.42 Å². The average molecular weight is 210 g/mol. The van der Waals surface area contributed by atoms with Crippen molar-refractivity contribution in [2.45, 2.75) is 31.9 Å². The van der Waals surface area contributed by atoms with Crippen molar-refractivity contribution in [2.75, 3.05) is 13.2 Å². The first kappa shape index (κ1) is 10.6. The lowest BCUT2D eigenvalue weighted by molar-refractivity contribution is 0.0852. The molecule has 1 saturated heterocycles. The zero-order valence-electron chi connectivity index (χ0n) is 9.15. The van der Waals surface area contributed by atoms with Crippen LogP contribution in [0.3, 0.4) is 0 Å². The van der Waals surface area contributed by atoms with Crippen LogP contribution < -0.4 is 5.32 Å². The molecule has 1 unspecified atom stereocenters. The van der Waals surface area contributed by atoms with Crippen molar-refractivity contribution in [1.82, 2.24) is 20.1 Å². The molecular formula is C10H18N4O. The molecule has 1 aromatic rings. The molecule has 5 heteroatoms. The quantitative estimate of drug-likeness (QED) is 0.785. The first-order valence-electron chi connectivity index (χ1n) is 5.50. The van der Waals surface area contributed by atoms with Crippen molar-refractivity contribution < 1.29 is 4.74 Å². The summed E-state index contributed by atoms with van der Waals surface area (Å²) >= 11 is 0. The molecule has 0 aromatic carbocycles. The average Bonchev–Trinajstić information content (AvgIpc) is 2.66. The van der Waals surface area contributed by atoms with Crippen LogP contribution in [-0.4, -0.2) is 34.0 Å². The second kappa shape index (κ2) is 5.23. The highest BCUT2D eigenvalue weighted by Crippen LogP contribution is 2.07. The summed E-state index contributed by atoms with van der Waals surface area (Å²) in [5.74, 6) is 0.880. The molecule has 15 heavy (non-hydrogen) atoms. The Bertz CT molecular complexity index is 293. The van der Waals surface area contributed by atoms with E-state index in [-0.39, 0.29) is 0 Å². The summed E-state index contributed by atoms with van der Waals surface area (Å²) in [6.45, 7) is 2.44. The summed E-state index contributed by atoms with van der Waals surface area (Å²) < 4.78 is 7.50. The van der Waals surface area contributed by atoms with Gasteiger partial charge in [0.1, 0.15) is 12.9 Å². The molecule has 0 spiro atoms. The molecule has 1 N–H and O–H groups in total. The fourth-order valence-corrected chi connectivity index (χ4v) is 1.80. The molecule has 1 atom stereocenters. The normalized spacial score (nSPS) is 21.8. The van der Waals surface area contributed by atoms with Crippen LogP contribution in [0.25, 0.3) is 0 Å². The van der Waals surface area contributed by atoms with Crippen LogP contribution in [0.15, 0.2) is 6.33 Å². The molecule has 0 aliphatic carbocycles. The van der Waals surface area contributed by atoms with E-state index in [1.807, 2.05) is 11.6 Å². The Kier molecular flexibility index (Phi) is 3.69. The molecule has 2 rings (SSSR count). The van der Waals surface area contributed by atoms with E-state index in [9.17, 15) is 0 Å². The highest BCUT2D eigenvalue weighted by molar-refractivity contribution is 4.81. The predicted molar refractivity (Wildman–Crippen MR) is 56.3 cm³/mol. The fourth-order valence-electron chi connectivity index (χ4n) is 1.80. The number of nitrogens with one attached hydrogen (secondary N) is 1. The minimum atomic E-state index is 0.520. The minimum absolute atomic E-state index is 0.520.